The summed E-state index contributed by atoms with van der Waals surface area (Å²) < 4.78 is 0. The van der Waals surface area contributed by atoms with Crippen LogP contribution in [0.4, 0.5) is 0 Å². The molecule has 0 aliphatic carbocycles. The van der Waals surface area contributed by atoms with Gasteiger partial charge >= 0.3 is 0 Å². The Labute approximate surface area is 77.1 Å². The number of hydrogen-bond donors (Lipinski definition) is 3. The number of benzene rings is 1. The van der Waals surface area contributed by atoms with Gasteiger partial charge in [-0.1, -0.05) is 18.2 Å². The first-order chi connectivity index (χ1) is 6.24. The van der Waals surface area contributed by atoms with Crippen molar-refractivity contribution in [2.24, 2.45) is 5.73 Å². The molecule has 0 fully saturated rings. The van der Waals surface area contributed by atoms with Gasteiger partial charge in [0.1, 0.15) is 0 Å². The Morgan fingerprint density at radius 3 is 2.62 bits per heavy atom. The van der Waals surface area contributed by atoms with Gasteiger partial charge < -0.3 is 15.9 Å². The first-order valence-electron chi connectivity index (χ1n) is 4.12. The van der Waals surface area contributed by atoms with Crippen LogP contribution >= 0.6 is 0 Å². The lowest BCUT2D eigenvalue weighted by Crippen LogP contribution is -1.94. The largest absolute Gasteiger partial charge is 0.504 e. The van der Waals surface area contributed by atoms with E-state index in [2.05, 4.69) is 0 Å². The Bertz CT molecular complexity index is 308. The van der Waals surface area contributed by atoms with Crippen molar-refractivity contribution in [3.05, 3.63) is 29.8 Å². The van der Waals surface area contributed by atoms with E-state index in [9.17, 15) is 0 Å². The molecule has 0 bridgehead atoms. The SMILES string of the molecule is NCCC=Cc1ccc(O)c(O)c1. The Kier molecular flexibility index (Phi) is 3.34. The summed E-state index contributed by atoms with van der Waals surface area (Å²) in [5.74, 6) is -0.203. The molecule has 0 saturated carbocycles. The molecule has 0 radical (unpaired) electrons. The minimum atomic E-state index is -0.102. The zero-order valence-electron chi connectivity index (χ0n) is 7.27. The van der Waals surface area contributed by atoms with Crippen LogP contribution in [0.25, 0.3) is 6.08 Å². The van der Waals surface area contributed by atoms with E-state index in [1.165, 1.54) is 12.1 Å². The highest BCUT2D eigenvalue weighted by Crippen LogP contribution is 2.25. The van der Waals surface area contributed by atoms with E-state index in [4.69, 9.17) is 15.9 Å². The topological polar surface area (TPSA) is 66.5 Å². The van der Waals surface area contributed by atoms with E-state index >= 15 is 0 Å². The highest BCUT2D eigenvalue weighted by atomic mass is 16.3. The number of phenolic OH excluding ortho intramolecular Hbond substituents is 2. The van der Waals surface area contributed by atoms with E-state index < -0.39 is 0 Å². The minimum absolute atomic E-state index is 0.101. The van der Waals surface area contributed by atoms with Gasteiger partial charge in [0.2, 0.25) is 0 Å². The Morgan fingerprint density at radius 1 is 1.23 bits per heavy atom. The molecule has 1 aromatic carbocycles. The summed E-state index contributed by atoms with van der Waals surface area (Å²) in [6, 6.07) is 4.68. The first-order valence-corrected chi connectivity index (χ1v) is 4.12. The van der Waals surface area contributed by atoms with E-state index in [1.807, 2.05) is 12.2 Å². The van der Waals surface area contributed by atoms with Crippen LogP contribution in [-0.2, 0) is 0 Å². The zero-order chi connectivity index (χ0) is 9.68. The minimum Gasteiger partial charge on any atom is -0.504 e. The molecule has 0 heterocycles. The van der Waals surface area contributed by atoms with Crippen molar-refractivity contribution in [2.45, 2.75) is 6.42 Å². The summed E-state index contributed by atoms with van der Waals surface area (Å²) in [5.41, 5.74) is 6.16. The third-order valence-electron chi connectivity index (χ3n) is 1.64. The van der Waals surface area contributed by atoms with E-state index in [0.717, 1.165) is 12.0 Å². The molecule has 0 amide bonds. The highest BCUT2D eigenvalue weighted by molar-refractivity contribution is 5.54. The normalized spacial score (nSPS) is 10.8. The van der Waals surface area contributed by atoms with E-state index in [1.54, 1.807) is 6.07 Å². The van der Waals surface area contributed by atoms with Crippen LogP contribution in [0.1, 0.15) is 12.0 Å². The van der Waals surface area contributed by atoms with Gasteiger partial charge in [-0.3, -0.25) is 0 Å². The predicted molar refractivity (Wildman–Crippen MR) is 52.5 cm³/mol. The number of nitrogens with two attached hydrogens (primary N) is 1. The predicted octanol–water partition coefficient (Wildman–Crippen LogP) is 1.46. The molecule has 0 aliphatic rings. The van der Waals surface area contributed by atoms with Crippen molar-refractivity contribution >= 4 is 6.08 Å². The van der Waals surface area contributed by atoms with Gasteiger partial charge in [0.15, 0.2) is 11.5 Å². The molecule has 0 unspecified atom stereocenters. The second-order valence-electron chi connectivity index (χ2n) is 2.73. The van der Waals surface area contributed by atoms with E-state index in [-0.39, 0.29) is 11.5 Å². The summed E-state index contributed by atoms with van der Waals surface area (Å²) >= 11 is 0. The van der Waals surface area contributed by atoms with Gasteiger partial charge in [-0.05, 0) is 30.7 Å². The third-order valence-corrected chi connectivity index (χ3v) is 1.64. The maximum absolute atomic E-state index is 9.15. The highest BCUT2D eigenvalue weighted by Gasteiger charge is 1.96. The van der Waals surface area contributed by atoms with Gasteiger partial charge in [0.25, 0.3) is 0 Å². The van der Waals surface area contributed by atoms with Crippen LogP contribution in [0.3, 0.4) is 0 Å². The molecule has 3 nitrogen and oxygen atoms in total. The third kappa shape index (κ3) is 2.80. The number of phenols is 2. The van der Waals surface area contributed by atoms with Gasteiger partial charge in [-0.15, -0.1) is 0 Å². The molecular formula is C10H13NO2. The fraction of sp³-hybridized carbons (Fsp3) is 0.200. The lowest BCUT2D eigenvalue weighted by molar-refractivity contribution is 0.403. The monoisotopic (exact) mass is 179 g/mol. The molecule has 0 atom stereocenters. The summed E-state index contributed by atoms with van der Waals surface area (Å²) in [6.07, 6.45) is 4.58. The van der Waals surface area contributed by atoms with Gasteiger partial charge in [0.05, 0.1) is 0 Å². The second-order valence-corrected chi connectivity index (χ2v) is 2.73. The smallest absolute Gasteiger partial charge is 0.157 e. The average Bonchev–Trinajstić information content (AvgIpc) is 2.12. The van der Waals surface area contributed by atoms with Crippen LogP contribution in [0, 0.1) is 0 Å². The van der Waals surface area contributed by atoms with Crippen molar-refractivity contribution in [1.82, 2.24) is 0 Å². The molecule has 0 aliphatic heterocycles. The Balaban J connectivity index is 2.73. The molecule has 1 aromatic rings. The zero-order valence-corrected chi connectivity index (χ0v) is 7.27. The van der Waals surface area contributed by atoms with E-state index in [0.29, 0.717) is 6.54 Å². The summed E-state index contributed by atoms with van der Waals surface area (Å²) in [7, 11) is 0. The fourth-order valence-electron chi connectivity index (χ4n) is 0.960. The molecule has 1 rings (SSSR count). The maximum atomic E-state index is 9.15. The average molecular weight is 179 g/mol. The van der Waals surface area contributed by atoms with Crippen molar-refractivity contribution in [2.75, 3.05) is 6.54 Å². The molecule has 3 heteroatoms. The molecular weight excluding hydrogens is 166 g/mol. The number of hydrogen-bond acceptors (Lipinski definition) is 3. The molecule has 4 N–H and O–H groups in total. The van der Waals surface area contributed by atoms with Gasteiger partial charge in [-0.25, -0.2) is 0 Å². The molecule has 0 saturated heterocycles. The summed E-state index contributed by atoms with van der Waals surface area (Å²) in [4.78, 5) is 0. The second kappa shape index (κ2) is 4.52. The fourth-order valence-corrected chi connectivity index (χ4v) is 0.960. The van der Waals surface area contributed by atoms with Crippen molar-refractivity contribution in [3.63, 3.8) is 0 Å². The van der Waals surface area contributed by atoms with Crippen molar-refractivity contribution in [1.29, 1.82) is 0 Å². The number of rotatable bonds is 3. The molecule has 13 heavy (non-hydrogen) atoms. The van der Waals surface area contributed by atoms with Gasteiger partial charge in [-0.2, -0.15) is 0 Å². The molecule has 0 aromatic heterocycles. The molecule has 70 valence electrons. The van der Waals surface area contributed by atoms with Crippen molar-refractivity contribution in [3.8, 4) is 11.5 Å². The number of aromatic hydroxyl groups is 2. The maximum Gasteiger partial charge on any atom is 0.157 e. The standard InChI is InChI=1S/C10H13NO2/c11-6-2-1-3-8-4-5-9(12)10(13)7-8/h1,3-5,7,12-13H,2,6,11H2. The Hall–Kier alpha value is -1.48. The van der Waals surface area contributed by atoms with Crippen LogP contribution < -0.4 is 5.73 Å². The van der Waals surface area contributed by atoms with Crippen molar-refractivity contribution < 1.29 is 10.2 Å². The first kappa shape index (κ1) is 9.61. The Morgan fingerprint density at radius 2 is 2.00 bits per heavy atom. The lowest BCUT2D eigenvalue weighted by Gasteiger charge is -1.98. The van der Waals surface area contributed by atoms with Crippen LogP contribution in [-0.4, -0.2) is 16.8 Å². The summed E-state index contributed by atoms with van der Waals surface area (Å²) in [5, 5.41) is 18.2. The molecule has 0 spiro atoms. The van der Waals surface area contributed by atoms with Gasteiger partial charge in [0, 0.05) is 0 Å². The quantitative estimate of drug-likeness (QED) is 0.615. The van der Waals surface area contributed by atoms with Crippen LogP contribution in [0.15, 0.2) is 24.3 Å². The van der Waals surface area contributed by atoms with Crippen LogP contribution in [0.2, 0.25) is 0 Å². The lowest BCUT2D eigenvalue weighted by atomic mass is 10.2. The summed E-state index contributed by atoms with van der Waals surface area (Å²) in [6.45, 7) is 0.612. The van der Waals surface area contributed by atoms with Crippen LogP contribution in [0.5, 0.6) is 11.5 Å².